The summed E-state index contributed by atoms with van der Waals surface area (Å²) in [5.74, 6) is 0.257. The first-order valence-corrected chi connectivity index (χ1v) is 10.7. The van der Waals surface area contributed by atoms with Gasteiger partial charge in [-0.25, -0.2) is 17.6 Å². The summed E-state index contributed by atoms with van der Waals surface area (Å²) in [5.41, 5.74) is 0.648. The van der Waals surface area contributed by atoms with Crippen molar-refractivity contribution in [2.24, 2.45) is 0 Å². The second kappa shape index (κ2) is 8.60. The first-order chi connectivity index (χ1) is 13.4. The van der Waals surface area contributed by atoms with Gasteiger partial charge in [0.15, 0.2) is 9.84 Å². The highest BCUT2D eigenvalue weighted by Crippen LogP contribution is 2.25. The molecule has 3 rings (SSSR count). The topological polar surface area (TPSA) is 75.7 Å². The third-order valence-corrected chi connectivity index (χ3v) is 7.01. The number of likely N-dealkylation sites (tertiary alicyclic amines) is 1. The number of piperidine rings is 1. The molecule has 0 spiro atoms. The van der Waals surface area contributed by atoms with Crippen LogP contribution in [0.15, 0.2) is 53.4 Å². The molecule has 1 aliphatic heterocycles. The molecule has 6 nitrogen and oxygen atoms in total. The van der Waals surface area contributed by atoms with E-state index in [0.29, 0.717) is 38.2 Å². The number of carbonyl (C=O) groups is 1. The monoisotopic (exact) mass is 406 g/mol. The average Bonchev–Trinajstić information content (AvgIpc) is 2.70. The van der Waals surface area contributed by atoms with Crippen molar-refractivity contribution in [3.8, 4) is 5.75 Å². The van der Waals surface area contributed by atoms with Gasteiger partial charge in [0, 0.05) is 18.8 Å². The lowest BCUT2D eigenvalue weighted by Crippen LogP contribution is -2.44. The lowest BCUT2D eigenvalue weighted by molar-refractivity contribution is 0.200. The summed E-state index contributed by atoms with van der Waals surface area (Å²) in [4.78, 5) is 14.2. The number of benzene rings is 2. The van der Waals surface area contributed by atoms with E-state index in [2.05, 4.69) is 5.32 Å². The molecule has 0 aliphatic carbocycles. The Kier molecular flexibility index (Phi) is 6.18. The molecule has 150 valence electrons. The van der Waals surface area contributed by atoms with E-state index in [4.69, 9.17) is 4.74 Å². The molecule has 8 heteroatoms. The Balaban J connectivity index is 1.57. The normalized spacial score (nSPS) is 15.3. The van der Waals surface area contributed by atoms with Crippen molar-refractivity contribution in [2.45, 2.75) is 29.9 Å². The molecular formula is C20H23FN2O4S. The van der Waals surface area contributed by atoms with Crippen LogP contribution in [0.3, 0.4) is 0 Å². The summed E-state index contributed by atoms with van der Waals surface area (Å²) < 4.78 is 43.8. The molecule has 2 aromatic rings. The minimum absolute atomic E-state index is 0.117. The standard InChI is InChI=1S/C20H23FN2O4S/c1-2-27-17-7-5-16(6-8-17)22-20(24)23-13-11-19(12-14-23)28(25,26)18-9-3-15(21)4-10-18/h3-10,19H,2,11-14H2,1H3,(H,22,24). The number of amides is 2. The van der Waals surface area contributed by atoms with Crippen molar-refractivity contribution in [1.82, 2.24) is 4.90 Å². The van der Waals surface area contributed by atoms with Crippen molar-refractivity contribution < 1.29 is 22.3 Å². The molecule has 0 bridgehead atoms. The van der Waals surface area contributed by atoms with E-state index in [1.807, 2.05) is 6.92 Å². The van der Waals surface area contributed by atoms with Gasteiger partial charge in [-0.2, -0.15) is 0 Å². The number of anilines is 1. The SMILES string of the molecule is CCOc1ccc(NC(=O)N2CCC(S(=O)(=O)c3ccc(F)cc3)CC2)cc1. The van der Waals surface area contributed by atoms with E-state index in [1.54, 1.807) is 29.2 Å². The smallest absolute Gasteiger partial charge is 0.321 e. The number of urea groups is 1. The average molecular weight is 406 g/mol. The first-order valence-electron chi connectivity index (χ1n) is 9.18. The van der Waals surface area contributed by atoms with Gasteiger partial charge in [-0.1, -0.05) is 0 Å². The number of sulfone groups is 1. The zero-order valence-corrected chi connectivity index (χ0v) is 16.4. The fraction of sp³-hybridized carbons (Fsp3) is 0.350. The predicted molar refractivity (Wildman–Crippen MR) is 105 cm³/mol. The Morgan fingerprint density at radius 3 is 2.29 bits per heavy atom. The summed E-state index contributed by atoms with van der Waals surface area (Å²) in [7, 11) is -3.54. The molecule has 1 aliphatic rings. The molecule has 1 heterocycles. The molecule has 1 N–H and O–H groups in total. The number of rotatable bonds is 5. The van der Waals surface area contributed by atoms with Gasteiger partial charge in [0.1, 0.15) is 11.6 Å². The minimum atomic E-state index is -3.54. The maximum absolute atomic E-state index is 13.0. The molecule has 1 fully saturated rings. The fourth-order valence-electron chi connectivity index (χ4n) is 3.19. The Morgan fingerprint density at radius 1 is 1.11 bits per heavy atom. The second-order valence-corrected chi connectivity index (χ2v) is 8.80. The number of nitrogens with zero attached hydrogens (tertiary/aromatic N) is 1. The summed E-state index contributed by atoms with van der Waals surface area (Å²) >= 11 is 0. The van der Waals surface area contributed by atoms with Gasteiger partial charge >= 0.3 is 6.03 Å². The third kappa shape index (κ3) is 4.62. The maximum Gasteiger partial charge on any atom is 0.321 e. The Labute approximate surface area is 164 Å². The number of nitrogens with one attached hydrogen (secondary N) is 1. The zero-order chi connectivity index (χ0) is 20.1. The number of hydrogen-bond donors (Lipinski definition) is 1. The summed E-state index contributed by atoms with van der Waals surface area (Å²) in [5, 5.41) is 2.24. The molecular weight excluding hydrogens is 383 g/mol. The molecule has 0 atom stereocenters. The molecule has 1 saturated heterocycles. The van der Waals surface area contributed by atoms with Crippen molar-refractivity contribution >= 4 is 21.6 Å². The van der Waals surface area contributed by atoms with E-state index in [1.165, 1.54) is 12.1 Å². The zero-order valence-electron chi connectivity index (χ0n) is 15.6. The van der Waals surface area contributed by atoms with Gasteiger partial charge in [0.2, 0.25) is 0 Å². The second-order valence-electron chi connectivity index (χ2n) is 6.57. The first kappa shape index (κ1) is 20.1. The largest absolute Gasteiger partial charge is 0.494 e. The van der Waals surface area contributed by atoms with Crippen LogP contribution in [0, 0.1) is 5.82 Å². The van der Waals surface area contributed by atoms with E-state index in [0.717, 1.165) is 17.9 Å². The Morgan fingerprint density at radius 2 is 1.71 bits per heavy atom. The Bertz CT molecular complexity index is 906. The molecule has 2 aromatic carbocycles. The quantitative estimate of drug-likeness (QED) is 0.769. The molecule has 0 aromatic heterocycles. The van der Waals surface area contributed by atoms with E-state index in [9.17, 15) is 17.6 Å². The van der Waals surface area contributed by atoms with Crippen LogP contribution >= 0.6 is 0 Å². The van der Waals surface area contributed by atoms with Crippen LogP contribution in [0.4, 0.5) is 14.9 Å². The van der Waals surface area contributed by atoms with Crippen LogP contribution < -0.4 is 10.1 Å². The van der Waals surface area contributed by atoms with E-state index in [-0.39, 0.29) is 10.9 Å². The fourth-order valence-corrected chi connectivity index (χ4v) is 4.92. The van der Waals surface area contributed by atoms with Gasteiger partial charge < -0.3 is 15.0 Å². The van der Waals surface area contributed by atoms with Crippen LogP contribution in [0.25, 0.3) is 0 Å². The van der Waals surface area contributed by atoms with Gasteiger partial charge in [-0.3, -0.25) is 0 Å². The number of carbonyl (C=O) groups excluding carboxylic acids is 1. The molecule has 0 radical (unpaired) electrons. The van der Waals surface area contributed by atoms with Crippen LogP contribution in [0.1, 0.15) is 19.8 Å². The Hall–Kier alpha value is -2.61. The van der Waals surface area contributed by atoms with Crippen LogP contribution in [-0.2, 0) is 9.84 Å². The summed E-state index contributed by atoms with van der Waals surface area (Å²) in [6.45, 7) is 3.15. The van der Waals surface area contributed by atoms with Gasteiger partial charge in [0.05, 0.1) is 16.8 Å². The highest BCUT2D eigenvalue weighted by molar-refractivity contribution is 7.92. The van der Waals surface area contributed by atoms with Crippen molar-refractivity contribution in [1.29, 1.82) is 0 Å². The van der Waals surface area contributed by atoms with Gasteiger partial charge in [-0.15, -0.1) is 0 Å². The van der Waals surface area contributed by atoms with E-state index < -0.39 is 20.9 Å². The summed E-state index contributed by atoms with van der Waals surface area (Å²) in [6, 6.07) is 11.7. The highest BCUT2D eigenvalue weighted by atomic mass is 32.2. The molecule has 0 saturated carbocycles. The molecule has 2 amide bonds. The van der Waals surface area contributed by atoms with Crippen LogP contribution in [0.5, 0.6) is 5.75 Å². The van der Waals surface area contributed by atoms with Crippen molar-refractivity contribution in [2.75, 3.05) is 25.0 Å². The predicted octanol–water partition coefficient (Wildman–Crippen LogP) is 3.69. The minimum Gasteiger partial charge on any atom is -0.494 e. The molecule has 28 heavy (non-hydrogen) atoms. The van der Waals surface area contributed by atoms with Crippen LogP contribution in [-0.4, -0.2) is 44.3 Å². The maximum atomic E-state index is 13.0. The number of halogens is 1. The lowest BCUT2D eigenvalue weighted by Gasteiger charge is -2.31. The summed E-state index contributed by atoms with van der Waals surface area (Å²) in [6.07, 6.45) is 0.687. The van der Waals surface area contributed by atoms with Gasteiger partial charge in [-0.05, 0) is 68.3 Å². The van der Waals surface area contributed by atoms with Crippen molar-refractivity contribution in [3.05, 3.63) is 54.3 Å². The molecule has 0 unspecified atom stereocenters. The number of hydrogen-bond acceptors (Lipinski definition) is 4. The van der Waals surface area contributed by atoms with Gasteiger partial charge in [0.25, 0.3) is 0 Å². The van der Waals surface area contributed by atoms with Crippen molar-refractivity contribution in [3.63, 3.8) is 0 Å². The number of ether oxygens (including phenoxy) is 1. The third-order valence-electron chi connectivity index (χ3n) is 4.73. The van der Waals surface area contributed by atoms with E-state index >= 15 is 0 Å². The lowest BCUT2D eigenvalue weighted by atomic mass is 10.1. The highest BCUT2D eigenvalue weighted by Gasteiger charge is 2.32. The van der Waals surface area contributed by atoms with Crippen LogP contribution in [0.2, 0.25) is 0 Å².